The van der Waals surface area contributed by atoms with E-state index in [2.05, 4.69) is 20.3 Å². The summed E-state index contributed by atoms with van der Waals surface area (Å²) < 4.78 is 82.5. The lowest BCUT2D eigenvalue weighted by molar-refractivity contribution is -0.193. The van der Waals surface area contributed by atoms with Crippen molar-refractivity contribution in [1.29, 1.82) is 0 Å². The first-order chi connectivity index (χ1) is 18.5. The van der Waals surface area contributed by atoms with Gasteiger partial charge in [0.2, 0.25) is 5.95 Å². The number of alkyl halides is 6. The highest BCUT2D eigenvalue weighted by Crippen LogP contribution is 2.37. The third-order valence-corrected chi connectivity index (χ3v) is 5.46. The molecule has 0 saturated carbocycles. The molecule has 11 nitrogen and oxygen atoms in total. The highest BCUT2D eigenvalue weighted by atomic mass is 19.4. The number of anilines is 1. The van der Waals surface area contributed by atoms with Crippen LogP contribution in [0.5, 0.6) is 0 Å². The van der Waals surface area contributed by atoms with E-state index >= 15 is 0 Å². The number of aliphatic carboxylic acids is 2. The third kappa shape index (κ3) is 9.90. The second-order valence-electron chi connectivity index (χ2n) is 8.51. The molecule has 0 aromatic carbocycles. The van der Waals surface area contributed by atoms with Crippen LogP contribution in [0.1, 0.15) is 23.2 Å². The Morgan fingerprint density at radius 3 is 1.93 bits per heavy atom. The highest BCUT2D eigenvalue weighted by molar-refractivity contribution is 5.93. The quantitative estimate of drug-likeness (QED) is 0.456. The van der Waals surface area contributed by atoms with E-state index < -0.39 is 30.1 Å². The van der Waals surface area contributed by atoms with E-state index in [9.17, 15) is 35.5 Å². The molecule has 2 fully saturated rings. The van der Waals surface area contributed by atoms with Crippen molar-refractivity contribution in [2.75, 3.05) is 31.1 Å². The van der Waals surface area contributed by atoms with Crippen molar-refractivity contribution in [2.45, 2.75) is 30.8 Å². The van der Waals surface area contributed by atoms with Gasteiger partial charge in [-0.1, -0.05) is 0 Å². The predicted octanol–water partition coefficient (Wildman–Crippen LogP) is 2.69. The number of rotatable bonds is 4. The minimum Gasteiger partial charge on any atom is -0.475 e. The van der Waals surface area contributed by atoms with Gasteiger partial charge in [0, 0.05) is 24.5 Å². The van der Waals surface area contributed by atoms with Crippen LogP contribution in [0, 0.1) is 11.7 Å². The fourth-order valence-electron chi connectivity index (χ4n) is 3.43. The van der Waals surface area contributed by atoms with E-state index in [0.717, 1.165) is 12.8 Å². The average Bonchev–Trinajstić information content (AvgIpc) is 2.87. The zero-order valence-electron chi connectivity index (χ0n) is 20.2. The number of halogens is 7. The standard InChI is InChI=1S/C18H20FN5O2.2C2HF3O2/c19-15-8-22-17(23-9-15)24-11-18(12-24)4-1-13(10-26-18)7-21-16(25)14-2-5-20-6-3-14;2*3-2(4,5)1(6)7/h2-3,5-6,8-9,13H,1,4,7,10-12H2,(H,21,25);2*(H,6,7). The Morgan fingerprint density at radius 1 is 1.00 bits per heavy atom. The SMILES string of the molecule is O=C(NCC1CCC2(CN(c3ncc(F)cn3)C2)OC1)c1ccncc1.O=C(O)C(F)(F)F.O=C(O)C(F)(F)F. The average molecular weight is 585 g/mol. The van der Waals surface area contributed by atoms with Crippen molar-refractivity contribution >= 4 is 23.8 Å². The molecule has 1 atom stereocenters. The van der Waals surface area contributed by atoms with Crippen molar-refractivity contribution in [2.24, 2.45) is 5.92 Å². The predicted molar refractivity (Wildman–Crippen MR) is 120 cm³/mol. The molecule has 1 amide bonds. The van der Waals surface area contributed by atoms with Crippen LogP contribution < -0.4 is 10.2 Å². The van der Waals surface area contributed by atoms with Crippen LogP contribution in [0.25, 0.3) is 0 Å². The molecule has 2 saturated heterocycles. The van der Waals surface area contributed by atoms with Gasteiger partial charge in [-0.2, -0.15) is 26.3 Å². The van der Waals surface area contributed by atoms with Gasteiger partial charge in [-0.05, 0) is 30.9 Å². The van der Waals surface area contributed by atoms with Gasteiger partial charge in [-0.25, -0.2) is 23.9 Å². The molecule has 0 radical (unpaired) electrons. The first kappa shape index (κ1) is 32.1. The fraction of sp³-hybridized carbons (Fsp3) is 0.455. The van der Waals surface area contributed by atoms with E-state index in [-0.39, 0.29) is 11.5 Å². The van der Waals surface area contributed by atoms with Crippen molar-refractivity contribution in [3.05, 3.63) is 48.3 Å². The van der Waals surface area contributed by atoms with E-state index in [4.69, 9.17) is 24.5 Å². The maximum absolute atomic E-state index is 12.9. The molecular formula is C22H22F7N5O6. The van der Waals surface area contributed by atoms with Crippen LogP contribution in [-0.2, 0) is 14.3 Å². The second-order valence-corrected chi connectivity index (χ2v) is 8.51. The lowest BCUT2D eigenvalue weighted by Crippen LogP contribution is -2.65. The molecule has 2 aromatic rings. The molecule has 1 spiro atoms. The van der Waals surface area contributed by atoms with Crippen molar-refractivity contribution in [3.63, 3.8) is 0 Å². The fourth-order valence-corrected chi connectivity index (χ4v) is 3.43. The van der Waals surface area contributed by atoms with Gasteiger partial charge in [-0.3, -0.25) is 9.78 Å². The number of carbonyl (C=O) groups is 3. The van der Waals surface area contributed by atoms with Gasteiger partial charge in [0.1, 0.15) is 5.60 Å². The summed E-state index contributed by atoms with van der Waals surface area (Å²) in [7, 11) is 0. The normalized spacial score (nSPS) is 17.8. The molecule has 18 heteroatoms. The highest BCUT2D eigenvalue weighted by Gasteiger charge is 2.47. The summed E-state index contributed by atoms with van der Waals surface area (Å²) in [5, 5.41) is 17.2. The maximum Gasteiger partial charge on any atom is 0.490 e. The Morgan fingerprint density at radius 2 is 1.50 bits per heavy atom. The largest absolute Gasteiger partial charge is 0.490 e. The Labute approximate surface area is 221 Å². The summed E-state index contributed by atoms with van der Waals surface area (Å²) in [6, 6.07) is 3.39. The Balaban J connectivity index is 0.000000333. The number of carboxylic acid groups (broad SMARTS) is 2. The molecule has 2 aliphatic rings. The van der Waals surface area contributed by atoms with Gasteiger partial charge < -0.3 is 25.2 Å². The third-order valence-electron chi connectivity index (χ3n) is 5.46. The summed E-state index contributed by atoms with van der Waals surface area (Å²) in [4.78, 5) is 43.8. The van der Waals surface area contributed by atoms with Gasteiger partial charge in [0.15, 0.2) is 5.82 Å². The minimum absolute atomic E-state index is 0.0871. The number of nitrogens with one attached hydrogen (secondary N) is 1. The molecule has 3 N–H and O–H groups in total. The molecule has 4 heterocycles. The summed E-state index contributed by atoms with van der Waals surface area (Å²) in [5.74, 6) is -5.19. The van der Waals surface area contributed by atoms with Gasteiger partial charge in [-0.15, -0.1) is 0 Å². The molecular weight excluding hydrogens is 563 g/mol. The van der Waals surface area contributed by atoms with Crippen LogP contribution in [-0.4, -0.2) is 87.2 Å². The van der Waals surface area contributed by atoms with Crippen LogP contribution in [0.4, 0.5) is 36.7 Å². The molecule has 0 bridgehead atoms. The lowest BCUT2D eigenvalue weighted by Gasteiger charge is -2.52. The number of hydrogen-bond acceptors (Lipinski definition) is 8. The summed E-state index contributed by atoms with van der Waals surface area (Å²) in [5.41, 5.74) is 0.450. The number of amides is 1. The topological polar surface area (TPSA) is 155 Å². The van der Waals surface area contributed by atoms with Crippen LogP contribution in [0.3, 0.4) is 0 Å². The van der Waals surface area contributed by atoms with Gasteiger partial charge >= 0.3 is 24.3 Å². The first-order valence-electron chi connectivity index (χ1n) is 11.2. The summed E-state index contributed by atoms with van der Waals surface area (Å²) in [6.07, 6.45) is -2.67. The van der Waals surface area contributed by atoms with Crippen LogP contribution in [0.15, 0.2) is 36.9 Å². The molecule has 4 rings (SSSR count). The molecule has 1 unspecified atom stereocenters. The van der Waals surface area contributed by atoms with E-state index in [1.807, 2.05) is 4.90 Å². The van der Waals surface area contributed by atoms with E-state index in [1.165, 1.54) is 12.4 Å². The van der Waals surface area contributed by atoms with Crippen molar-refractivity contribution < 1.29 is 60.1 Å². The van der Waals surface area contributed by atoms with Crippen LogP contribution in [0.2, 0.25) is 0 Å². The first-order valence-corrected chi connectivity index (χ1v) is 11.2. The van der Waals surface area contributed by atoms with E-state index in [0.29, 0.717) is 43.7 Å². The molecule has 40 heavy (non-hydrogen) atoms. The van der Waals surface area contributed by atoms with E-state index in [1.54, 1.807) is 24.5 Å². The summed E-state index contributed by atoms with van der Waals surface area (Å²) >= 11 is 0. The van der Waals surface area contributed by atoms with Gasteiger partial charge in [0.05, 0.1) is 32.1 Å². The zero-order chi connectivity index (χ0) is 30.1. The summed E-state index contributed by atoms with van der Waals surface area (Å²) in [6.45, 7) is 2.65. The molecule has 2 aromatic heterocycles. The lowest BCUT2D eigenvalue weighted by atomic mass is 9.83. The number of nitrogens with zero attached hydrogens (tertiary/aromatic N) is 4. The Bertz CT molecular complexity index is 1110. The number of carboxylic acids is 2. The Kier molecular flexibility index (Phi) is 10.7. The zero-order valence-corrected chi connectivity index (χ0v) is 20.2. The molecule has 2 aliphatic heterocycles. The minimum atomic E-state index is -5.08. The number of aromatic nitrogens is 3. The number of carbonyl (C=O) groups excluding carboxylic acids is 1. The molecule has 0 aliphatic carbocycles. The molecule has 220 valence electrons. The van der Waals surface area contributed by atoms with Crippen molar-refractivity contribution in [1.82, 2.24) is 20.3 Å². The number of pyridine rings is 1. The van der Waals surface area contributed by atoms with Crippen LogP contribution >= 0.6 is 0 Å². The maximum atomic E-state index is 12.9. The monoisotopic (exact) mass is 585 g/mol. The smallest absolute Gasteiger partial charge is 0.475 e. The number of ether oxygens (including phenoxy) is 1. The van der Waals surface area contributed by atoms with Gasteiger partial charge in [0.25, 0.3) is 5.91 Å². The van der Waals surface area contributed by atoms with Crippen molar-refractivity contribution in [3.8, 4) is 0 Å². The second kappa shape index (κ2) is 13.3. The Hall–Kier alpha value is -4.09. The number of hydrogen-bond donors (Lipinski definition) is 3.